The number of hydrogen-bond acceptors (Lipinski definition) is 2. The Bertz CT molecular complexity index is 586. The van der Waals surface area contributed by atoms with E-state index in [1.807, 2.05) is 37.3 Å². The van der Waals surface area contributed by atoms with E-state index in [9.17, 15) is 0 Å². The standard InChI is InChI=1S/C16H17Br2NO/c1-2-20-16-7-6-12(10-14(16)18)15(19)9-11-4-3-5-13(17)8-11/h3-8,10,15H,2,9,19H2,1H3. The predicted molar refractivity (Wildman–Crippen MR) is 90.1 cm³/mol. The molecule has 2 nitrogen and oxygen atoms in total. The lowest BCUT2D eigenvalue weighted by atomic mass is 10.00. The van der Waals surface area contributed by atoms with E-state index >= 15 is 0 Å². The molecule has 2 rings (SSSR count). The minimum absolute atomic E-state index is 0.0312. The molecule has 2 aromatic rings. The lowest BCUT2D eigenvalue weighted by Gasteiger charge is -2.14. The van der Waals surface area contributed by atoms with Crippen molar-refractivity contribution in [1.29, 1.82) is 0 Å². The summed E-state index contributed by atoms with van der Waals surface area (Å²) in [6.45, 7) is 2.63. The van der Waals surface area contributed by atoms with Crippen LogP contribution in [0.25, 0.3) is 0 Å². The van der Waals surface area contributed by atoms with Gasteiger partial charge in [-0.05, 0) is 64.7 Å². The molecule has 106 valence electrons. The van der Waals surface area contributed by atoms with E-state index in [1.54, 1.807) is 0 Å². The fraction of sp³-hybridized carbons (Fsp3) is 0.250. The molecule has 0 aliphatic heterocycles. The zero-order chi connectivity index (χ0) is 14.5. The highest BCUT2D eigenvalue weighted by molar-refractivity contribution is 9.10. The van der Waals surface area contributed by atoms with E-state index in [-0.39, 0.29) is 6.04 Å². The van der Waals surface area contributed by atoms with Crippen LogP contribution < -0.4 is 10.5 Å². The van der Waals surface area contributed by atoms with E-state index in [0.29, 0.717) is 6.61 Å². The van der Waals surface area contributed by atoms with Gasteiger partial charge in [0, 0.05) is 10.5 Å². The third-order valence-corrected chi connectivity index (χ3v) is 4.14. The van der Waals surface area contributed by atoms with Gasteiger partial charge < -0.3 is 10.5 Å². The first-order valence-corrected chi connectivity index (χ1v) is 8.11. The average molecular weight is 399 g/mol. The van der Waals surface area contributed by atoms with E-state index in [1.165, 1.54) is 5.56 Å². The largest absolute Gasteiger partial charge is 0.493 e. The number of rotatable bonds is 5. The highest BCUT2D eigenvalue weighted by atomic mass is 79.9. The van der Waals surface area contributed by atoms with Crippen molar-refractivity contribution in [2.45, 2.75) is 19.4 Å². The first-order valence-electron chi connectivity index (χ1n) is 6.52. The number of halogens is 2. The molecule has 4 heteroatoms. The highest BCUT2D eigenvalue weighted by Gasteiger charge is 2.10. The van der Waals surface area contributed by atoms with Crippen molar-refractivity contribution in [3.05, 3.63) is 62.5 Å². The molecule has 0 amide bonds. The molecular formula is C16H17Br2NO. The van der Waals surface area contributed by atoms with Crippen molar-refractivity contribution in [3.8, 4) is 5.75 Å². The van der Waals surface area contributed by atoms with Crippen LogP contribution in [0, 0.1) is 0 Å². The fourth-order valence-corrected chi connectivity index (χ4v) is 3.01. The second-order valence-electron chi connectivity index (χ2n) is 4.56. The first-order chi connectivity index (χ1) is 9.60. The van der Waals surface area contributed by atoms with Gasteiger partial charge in [0.05, 0.1) is 11.1 Å². The zero-order valence-electron chi connectivity index (χ0n) is 11.3. The summed E-state index contributed by atoms with van der Waals surface area (Å²) in [5.74, 6) is 0.853. The molecule has 0 spiro atoms. The molecular weight excluding hydrogens is 382 g/mol. The summed E-state index contributed by atoms with van der Waals surface area (Å²) < 4.78 is 7.54. The maximum atomic E-state index is 6.29. The molecule has 1 unspecified atom stereocenters. The third-order valence-electron chi connectivity index (χ3n) is 3.03. The Balaban J connectivity index is 2.13. The topological polar surface area (TPSA) is 35.2 Å². The predicted octanol–water partition coefficient (Wildman–Crippen LogP) is 4.85. The second kappa shape index (κ2) is 7.25. The van der Waals surface area contributed by atoms with Gasteiger partial charge in [-0.25, -0.2) is 0 Å². The smallest absolute Gasteiger partial charge is 0.133 e. The van der Waals surface area contributed by atoms with Gasteiger partial charge >= 0.3 is 0 Å². The van der Waals surface area contributed by atoms with Crippen molar-refractivity contribution in [2.24, 2.45) is 5.73 Å². The van der Waals surface area contributed by atoms with Crippen molar-refractivity contribution < 1.29 is 4.74 Å². The molecule has 1 atom stereocenters. The summed E-state index contributed by atoms with van der Waals surface area (Å²) >= 11 is 7.01. The Kier molecular flexibility index (Phi) is 5.64. The monoisotopic (exact) mass is 397 g/mol. The van der Waals surface area contributed by atoms with Crippen LogP contribution in [0.5, 0.6) is 5.75 Å². The Morgan fingerprint density at radius 2 is 1.95 bits per heavy atom. The summed E-state index contributed by atoms with van der Waals surface area (Å²) in [5, 5.41) is 0. The van der Waals surface area contributed by atoms with Gasteiger partial charge in [-0.3, -0.25) is 0 Å². The number of nitrogens with two attached hydrogens (primary N) is 1. The lowest BCUT2D eigenvalue weighted by Crippen LogP contribution is -2.13. The summed E-state index contributed by atoms with van der Waals surface area (Å²) in [6.07, 6.45) is 0.805. The van der Waals surface area contributed by atoms with Gasteiger partial charge in [-0.1, -0.05) is 34.1 Å². The van der Waals surface area contributed by atoms with E-state index in [2.05, 4.69) is 44.0 Å². The average Bonchev–Trinajstić information content (AvgIpc) is 2.41. The molecule has 0 fully saturated rings. The van der Waals surface area contributed by atoms with Gasteiger partial charge in [0.15, 0.2) is 0 Å². The van der Waals surface area contributed by atoms with Gasteiger partial charge in [0.2, 0.25) is 0 Å². The quantitative estimate of drug-likeness (QED) is 0.780. The summed E-state index contributed by atoms with van der Waals surface area (Å²) in [6, 6.07) is 14.2. The second-order valence-corrected chi connectivity index (χ2v) is 6.33. The molecule has 0 aromatic heterocycles. The van der Waals surface area contributed by atoms with Crippen LogP contribution in [0.15, 0.2) is 51.4 Å². The Labute approximate surface area is 136 Å². The maximum absolute atomic E-state index is 6.29. The minimum atomic E-state index is -0.0312. The fourth-order valence-electron chi connectivity index (χ4n) is 2.06. The molecule has 2 aromatic carbocycles. The van der Waals surface area contributed by atoms with Crippen molar-refractivity contribution >= 4 is 31.9 Å². The van der Waals surface area contributed by atoms with Crippen molar-refractivity contribution in [3.63, 3.8) is 0 Å². The lowest BCUT2D eigenvalue weighted by molar-refractivity contribution is 0.338. The van der Waals surface area contributed by atoms with Crippen LogP contribution in [0.4, 0.5) is 0 Å². The molecule has 0 saturated heterocycles. The highest BCUT2D eigenvalue weighted by Crippen LogP contribution is 2.29. The summed E-state index contributed by atoms with van der Waals surface area (Å²) in [4.78, 5) is 0. The first kappa shape index (κ1) is 15.5. The Hall–Kier alpha value is -0.840. The van der Waals surface area contributed by atoms with Gasteiger partial charge in [0.1, 0.15) is 5.75 Å². The third kappa shape index (κ3) is 4.08. The van der Waals surface area contributed by atoms with Crippen molar-refractivity contribution in [1.82, 2.24) is 0 Å². The van der Waals surface area contributed by atoms with Crippen LogP contribution in [-0.2, 0) is 6.42 Å². The van der Waals surface area contributed by atoms with Crippen LogP contribution in [0.2, 0.25) is 0 Å². The Morgan fingerprint density at radius 1 is 1.15 bits per heavy atom. The molecule has 20 heavy (non-hydrogen) atoms. The Morgan fingerprint density at radius 3 is 2.60 bits per heavy atom. The maximum Gasteiger partial charge on any atom is 0.133 e. The van der Waals surface area contributed by atoms with Crippen LogP contribution in [0.3, 0.4) is 0 Å². The molecule has 0 radical (unpaired) electrons. The normalized spacial score (nSPS) is 12.2. The van der Waals surface area contributed by atoms with Gasteiger partial charge in [-0.2, -0.15) is 0 Å². The van der Waals surface area contributed by atoms with Crippen LogP contribution in [-0.4, -0.2) is 6.61 Å². The number of benzene rings is 2. The molecule has 0 saturated carbocycles. The SMILES string of the molecule is CCOc1ccc(C(N)Cc2cccc(Br)c2)cc1Br. The molecule has 0 aliphatic rings. The molecule has 0 aliphatic carbocycles. The van der Waals surface area contributed by atoms with Gasteiger partial charge in [0.25, 0.3) is 0 Å². The van der Waals surface area contributed by atoms with Crippen LogP contribution in [0.1, 0.15) is 24.1 Å². The van der Waals surface area contributed by atoms with E-state index in [0.717, 1.165) is 26.7 Å². The summed E-state index contributed by atoms with van der Waals surface area (Å²) in [7, 11) is 0. The number of hydrogen-bond donors (Lipinski definition) is 1. The van der Waals surface area contributed by atoms with E-state index in [4.69, 9.17) is 10.5 Å². The number of ether oxygens (including phenoxy) is 1. The van der Waals surface area contributed by atoms with Crippen molar-refractivity contribution in [2.75, 3.05) is 6.61 Å². The minimum Gasteiger partial charge on any atom is -0.493 e. The zero-order valence-corrected chi connectivity index (χ0v) is 14.4. The van der Waals surface area contributed by atoms with E-state index < -0.39 is 0 Å². The van der Waals surface area contributed by atoms with Crippen LogP contribution >= 0.6 is 31.9 Å². The molecule has 2 N–H and O–H groups in total. The summed E-state index contributed by atoms with van der Waals surface area (Å²) in [5.41, 5.74) is 8.61. The van der Waals surface area contributed by atoms with Gasteiger partial charge in [-0.15, -0.1) is 0 Å². The molecule has 0 heterocycles. The molecule has 0 bridgehead atoms.